The number of pyridine rings is 1. The van der Waals surface area contributed by atoms with Crippen molar-refractivity contribution in [2.75, 3.05) is 0 Å². The average molecular weight is 359 g/mol. The Bertz CT molecular complexity index is 879. The van der Waals surface area contributed by atoms with E-state index in [0.717, 1.165) is 17.2 Å². The van der Waals surface area contributed by atoms with Crippen molar-refractivity contribution >= 4 is 0 Å². The van der Waals surface area contributed by atoms with Gasteiger partial charge in [0.25, 0.3) is 0 Å². The largest absolute Gasteiger partial charge is 0.490 e. The molecule has 0 aliphatic heterocycles. The monoisotopic (exact) mass is 359 g/mol. The summed E-state index contributed by atoms with van der Waals surface area (Å²) in [6.07, 6.45) is 1.54. The van der Waals surface area contributed by atoms with Crippen LogP contribution in [0.1, 0.15) is 19.4 Å². The molecule has 3 aromatic rings. The van der Waals surface area contributed by atoms with E-state index in [9.17, 15) is 13.2 Å². The number of benzene rings is 1. The van der Waals surface area contributed by atoms with Gasteiger partial charge in [-0.1, -0.05) is 0 Å². The van der Waals surface area contributed by atoms with E-state index in [-0.39, 0.29) is 23.2 Å². The third kappa shape index (κ3) is 3.99. The van der Waals surface area contributed by atoms with E-state index in [1.165, 1.54) is 12.1 Å². The normalized spacial score (nSPS) is 11.6. The first kappa shape index (κ1) is 17.8. The van der Waals surface area contributed by atoms with Gasteiger partial charge in [0.1, 0.15) is 5.75 Å². The molecule has 7 heteroatoms. The topological polar surface area (TPSA) is 47.9 Å². The van der Waals surface area contributed by atoms with Crippen LogP contribution in [0.25, 0.3) is 22.5 Å². The molecule has 0 amide bonds. The van der Waals surface area contributed by atoms with Gasteiger partial charge in [0, 0.05) is 35.9 Å². The summed E-state index contributed by atoms with van der Waals surface area (Å²) >= 11 is 0. The van der Waals surface area contributed by atoms with Crippen molar-refractivity contribution < 1.29 is 17.9 Å². The summed E-state index contributed by atoms with van der Waals surface area (Å²) in [5.74, 6) is 0.00839. The van der Waals surface area contributed by atoms with E-state index < -0.39 is 11.7 Å². The molecule has 4 nitrogen and oxygen atoms in total. The zero-order valence-electron chi connectivity index (χ0n) is 14.2. The molecule has 0 fully saturated rings. The molecular formula is C19H16F3N3O. The fourth-order valence-corrected chi connectivity index (χ4v) is 2.42. The van der Waals surface area contributed by atoms with E-state index in [1.807, 2.05) is 0 Å². The molecule has 0 atom stereocenters. The fourth-order valence-electron chi connectivity index (χ4n) is 2.42. The Balaban J connectivity index is 1.96. The van der Waals surface area contributed by atoms with Crippen molar-refractivity contribution in [3.8, 4) is 28.3 Å². The molecule has 2 heterocycles. The molecule has 0 radical (unpaired) electrons. The summed E-state index contributed by atoms with van der Waals surface area (Å²) in [6.45, 7) is 3.35. The van der Waals surface area contributed by atoms with Crippen molar-refractivity contribution in [2.45, 2.75) is 26.1 Å². The van der Waals surface area contributed by atoms with Crippen LogP contribution in [0.4, 0.5) is 13.2 Å². The van der Waals surface area contributed by atoms with Crippen molar-refractivity contribution in [3.63, 3.8) is 0 Å². The predicted octanol–water partition coefficient (Wildman–Crippen LogP) is 5.01. The van der Waals surface area contributed by atoms with Gasteiger partial charge < -0.3 is 4.74 Å². The van der Waals surface area contributed by atoms with Crippen molar-refractivity contribution in [1.82, 2.24) is 15.0 Å². The highest BCUT2D eigenvalue weighted by Gasteiger charge is 2.35. The van der Waals surface area contributed by atoms with Crippen LogP contribution >= 0.6 is 0 Å². The highest BCUT2D eigenvalue weighted by atomic mass is 19.4. The summed E-state index contributed by atoms with van der Waals surface area (Å²) < 4.78 is 45.3. The number of hydrogen-bond acceptors (Lipinski definition) is 4. The van der Waals surface area contributed by atoms with Gasteiger partial charge >= 0.3 is 6.18 Å². The van der Waals surface area contributed by atoms with Gasteiger partial charge in [-0.3, -0.25) is 4.98 Å². The van der Waals surface area contributed by atoms with E-state index in [2.05, 4.69) is 15.0 Å². The second-order valence-corrected chi connectivity index (χ2v) is 5.91. The van der Waals surface area contributed by atoms with E-state index in [1.54, 1.807) is 50.8 Å². The standard InChI is InChI=1S/C19H16F3N3O/c1-12(2)26-17-4-3-14(9-16(17)19(20,21)22)18-24-10-15(11-25-18)13-5-7-23-8-6-13/h3-12H,1-2H3. The molecule has 26 heavy (non-hydrogen) atoms. The molecule has 3 rings (SSSR count). The molecular weight excluding hydrogens is 343 g/mol. The Hall–Kier alpha value is -2.96. The summed E-state index contributed by atoms with van der Waals surface area (Å²) in [5, 5.41) is 0. The van der Waals surface area contributed by atoms with Gasteiger partial charge in [0.2, 0.25) is 0 Å². The molecule has 1 aromatic carbocycles. The van der Waals surface area contributed by atoms with Crippen LogP contribution in [-0.2, 0) is 6.18 Å². The SMILES string of the molecule is CC(C)Oc1ccc(-c2ncc(-c3ccncc3)cn2)cc1C(F)(F)F. The first-order chi connectivity index (χ1) is 12.3. The second-order valence-electron chi connectivity index (χ2n) is 5.91. The number of ether oxygens (including phenoxy) is 1. The number of aromatic nitrogens is 3. The van der Waals surface area contributed by atoms with Crippen LogP contribution in [0.15, 0.2) is 55.1 Å². The molecule has 134 valence electrons. The first-order valence-corrected chi connectivity index (χ1v) is 7.95. The first-order valence-electron chi connectivity index (χ1n) is 7.95. The Labute approximate surface area is 148 Å². The van der Waals surface area contributed by atoms with Crippen LogP contribution < -0.4 is 4.74 Å². The summed E-state index contributed by atoms with van der Waals surface area (Å²) in [6, 6.07) is 7.45. The third-order valence-corrected chi connectivity index (χ3v) is 3.57. The molecule has 0 aliphatic rings. The maximum atomic E-state index is 13.4. The molecule has 0 saturated heterocycles. The highest BCUT2D eigenvalue weighted by Crippen LogP contribution is 2.38. The number of nitrogens with zero attached hydrogens (tertiary/aromatic N) is 3. The average Bonchev–Trinajstić information content (AvgIpc) is 2.61. The van der Waals surface area contributed by atoms with E-state index in [0.29, 0.717) is 0 Å². The smallest absolute Gasteiger partial charge is 0.419 e. The second kappa shape index (κ2) is 7.11. The van der Waals surface area contributed by atoms with Crippen molar-refractivity contribution in [2.24, 2.45) is 0 Å². The molecule has 2 aromatic heterocycles. The Kier molecular flexibility index (Phi) is 4.88. The number of hydrogen-bond donors (Lipinski definition) is 0. The molecule has 0 unspecified atom stereocenters. The zero-order chi connectivity index (χ0) is 18.7. The van der Waals surface area contributed by atoms with Gasteiger partial charge in [-0.15, -0.1) is 0 Å². The molecule has 0 N–H and O–H groups in total. The maximum absolute atomic E-state index is 13.4. The lowest BCUT2D eigenvalue weighted by atomic mass is 10.1. The fraction of sp³-hybridized carbons (Fsp3) is 0.211. The summed E-state index contributed by atoms with van der Waals surface area (Å²) in [7, 11) is 0. The lowest BCUT2D eigenvalue weighted by molar-refractivity contribution is -0.139. The summed E-state index contributed by atoms with van der Waals surface area (Å²) in [5.41, 5.74) is 1.07. The summed E-state index contributed by atoms with van der Waals surface area (Å²) in [4.78, 5) is 12.3. The Morgan fingerprint density at radius 2 is 1.54 bits per heavy atom. The zero-order valence-corrected chi connectivity index (χ0v) is 14.2. The molecule has 0 saturated carbocycles. The van der Waals surface area contributed by atoms with Gasteiger partial charge in [0.15, 0.2) is 5.82 Å². The highest BCUT2D eigenvalue weighted by molar-refractivity contribution is 5.64. The van der Waals surface area contributed by atoms with Crippen molar-refractivity contribution in [1.29, 1.82) is 0 Å². The Morgan fingerprint density at radius 3 is 2.12 bits per heavy atom. The van der Waals surface area contributed by atoms with Crippen molar-refractivity contribution in [3.05, 3.63) is 60.7 Å². The van der Waals surface area contributed by atoms with Crippen LogP contribution in [0.3, 0.4) is 0 Å². The van der Waals surface area contributed by atoms with E-state index >= 15 is 0 Å². The van der Waals surface area contributed by atoms with Crippen LogP contribution in [0, 0.1) is 0 Å². The number of alkyl halides is 3. The minimum atomic E-state index is -4.53. The van der Waals surface area contributed by atoms with Crippen LogP contribution in [-0.4, -0.2) is 21.1 Å². The van der Waals surface area contributed by atoms with Crippen LogP contribution in [0.2, 0.25) is 0 Å². The third-order valence-electron chi connectivity index (χ3n) is 3.57. The molecule has 0 bridgehead atoms. The van der Waals surface area contributed by atoms with Gasteiger partial charge in [-0.2, -0.15) is 13.2 Å². The minimum absolute atomic E-state index is 0.204. The lowest BCUT2D eigenvalue weighted by Gasteiger charge is -2.17. The Morgan fingerprint density at radius 1 is 0.885 bits per heavy atom. The van der Waals surface area contributed by atoms with Gasteiger partial charge in [-0.25, -0.2) is 9.97 Å². The van der Waals surface area contributed by atoms with E-state index in [4.69, 9.17) is 4.74 Å². The minimum Gasteiger partial charge on any atom is -0.490 e. The predicted molar refractivity (Wildman–Crippen MR) is 91.5 cm³/mol. The van der Waals surface area contributed by atoms with Gasteiger partial charge in [-0.05, 0) is 49.7 Å². The van der Waals surface area contributed by atoms with Gasteiger partial charge in [0.05, 0.1) is 11.7 Å². The number of rotatable bonds is 4. The number of halogens is 3. The molecule has 0 spiro atoms. The molecule has 0 aliphatic carbocycles. The lowest BCUT2D eigenvalue weighted by Crippen LogP contribution is -2.13. The van der Waals surface area contributed by atoms with Crippen LogP contribution in [0.5, 0.6) is 5.75 Å². The quantitative estimate of drug-likeness (QED) is 0.657. The maximum Gasteiger partial charge on any atom is 0.419 e.